The summed E-state index contributed by atoms with van der Waals surface area (Å²) in [6.45, 7) is 4.14. The van der Waals surface area contributed by atoms with Crippen molar-refractivity contribution in [2.24, 2.45) is 0 Å². The number of benzene rings is 1. The van der Waals surface area contributed by atoms with E-state index < -0.39 is 0 Å². The van der Waals surface area contributed by atoms with E-state index in [0.717, 1.165) is 20.5 Å². The van der Waals surface area contributed by atoms with Gasteiger partial charge in [0, 0.05) is 10.7 Å². The molecule has 17 heavy (non-hydrogen) atoms. The largest absolute Gasteiger partial charge is 0.338 e. The van der Waals surface area contributed by atoms with E-state index in [1.54, 1.807) is 6.20 Å². The van der Waals surface area contributed by atoms with Crippen LogP contribution in [0, 0.1) is 13.8 Å². The van der Waals surface area contributed by atoms with Crippen LogP contribution >= 0.6 is 31.9 Å². The first kappa shape index (κ1) is 12.5. The minimum absolute atomic E-state index is 0.757. The molecule has 0 radical (unpaired) electrons. The van der Waals surface area contributed by atoms with Crippen LogP contribution in [0.25, 0.3) is 0 Å². The average Bonchev–Trinajstić information content (AvgIpc) is 2.25. The Morgan fingerprint density at radius 1 is 1.12 bits per heavy atom. The molecule has 2 aromatic rings. The number of aryl methyl sites for hydroxylation is 2. The minimum Gasteiger partial charge on any atom is -0.338 e. The number of aromatic nitrogens is 2. The van der Waals surface area contributed by atoms with Crippen LogP contribution in [0.1, 0.15) is 11.1 Å². The molecular weight excluding hydrogens is 346 g/mol. The zero-order chi connectivity index (χ0) is 12.4. The standard InChI is InChI=1S/C12H11Br2N3/c1-7-3-8(2)11(9(13)4-7)17-12-10(14)5-15-6-16-12/h3-6H,1-2H3,(H,15,16,17). The van der Waals surface area contributed by atoms with Crippen LogP contribution in [0.3, 0.4) is 0 Å². The van der Waals surface area contributed by atoms with Crippen LogP contribution < -0.4 is 5.32 Å². The number of nitrogens with one attached hydrogen (secondary N) is 1. The van der Waals surface area contributed by atoms with Crippen LogP contribution in [-0.4, -0.2) is 9.97 Å². The van der Waals surface area contributed by atoms with E-state index in [1.807, 2.05) is 0 Å². The van der Waals surface area contributed by atoms with Gasteiger partial charge >= 0.3 is 0 Å². The van der Waals surface area contributed by atoms with Crippen molar-refractivity contribution in [2.75, 3.05) is 5.32 Å². The van der Waals surface area contributed by atoms with Gasteiger partial charge in [0.05, 0.1) is 10.2 Å². The van der Waals surface area contributed by atoms with Gasteiger partial charge in [-0.05, 0) is 62.9 Å². The molecule has 5 heteroatoms. The Kier molecular flexibility index (Phi) is 3.79. The first-order valence-electron chi connectivity index (χ1n) is 5.07. The summed E-state index contributed by atoms with van der Waals surface area (Å²) in [7, 11) is 0. The summed E-state index contributed by atoms with van der Waals surface area (Å²) in [6, 6.07) is 4.20. The fourth-order valence-corrected chi connectivity index (χ4v) is 2.69. The van der Waals surface area contributed by atoms with Crippen molar-refractivity contribution in [3.05, 3.63) is 44.7 Å². The van der Waals surface area contributed by atoms with E-state index in [-0.39, 0.29) is 0 Å². The Morgan fingerprint density at radius 3 is 2.53 bits per heavy atom. The number of rotatable bonds is 2. The molecule has 2 rings (SSSR count). The van der Waals surface area contributed by atoms with Crippen molar-refractivity contribution < 1.29 is 0 Å². The number of nitrogens with zero attached hydrogens (tertiary/aromatic N) is 2. The van der Waals surface area contributed by atoms with E-state index in [0.29, 0.717) is 0 Å². The summed E-state index contributed by atoms with van der Waals surface area (Å²) < 4.78 is 1.87. The van der Waals surface area contributed by atoms with Gasteiger partial charge in [0.1, 0.15) is 12.1 Å². The quantitative estimate of drug-likeness (QED) is 0.868. The van der Waals surface area contributed by atoms with E-state index in [1.165, 1.54) is 17.5 Å². The van der Waals surface area contributed by atoms with Crippen molar-refractivity contribution in [3.63, 3.8) is 0 Å². The fraction of sp³-hybridized carbons (Fsp3) is 0.167. The highest BCUT2D eigenvalue weighted by atomic mass is 79.9. The molecule has 0 unspecified atom stereocenters. The first-order valence-corrected chi connectivity index (χ1v) is 6.66. The van der Waals surface area contributed by atoms with Crippen molar-refractivity contribution >= 4 is 43.4 Å². The lowest BCUT2D eigenvalue weighted by atomic mass is 10.1. The smallest absolute Gasteiger partial charge is 0.148 e. The van der Waals surface area contributed by atoms with E-state index in [2.05, 4.69) is 73.1 Å². The topological polar surface area (TPSA) is 37.8 Å². The third kappa shape index (κ3) is 2.84. The maximum Gasteiger partial charge on any atom is 0.148 e. The third-order valence-electron chi connectivity index (χ3n) is 2.34. The van der Waals surface area contributed by atoms with Gasteiger partial charge in [-0.25, -0.2) is 9.97 Å². The maximum absolute atomic E-state index is 4.19. The van der Waals surface area contributed by atoms with Gasteiger partial charge < -0.3 is 5.32 Å². The van der Waals surface area contributed by atoms with Crippen molar-refractivity contribution in [3.8, 4) is 0 Å². The second-order valence-electron chi connectivity index (χ2n) is 3.78. The molecule has 0 saturated carbocycles. The molecule has 1 aromatic heterocycles. The molecule has 1 heterocycles. The molecule has 0 aliphatic rings. The molecule has 0 saturated heterocycles. The second kappa shape index (κ2) is 5.14. The molecule has 88 valence electrons. The number of halogens is 2. The molecule has 0 aliphatic carbocycles. The highest BCUT2D eigenvalue weighted by molar-refractivity contribution is 9.11. The van der Waals surface area contributed by atoms with Crippen LogP contribution in [0.2, 0.25) is 0 Å². The molecule has 0 spiro atoms. The normalized spacial score (nSPS) is 10.4. The van der Waals surface area contributed by atoms with Gasteiger partial charge in [0.25, 0.3) is 0 Å². The van der Waals surface area contributed by atoms with Crippen molar-refractivity contribution in [1.29, 1.82) is 0 Å². The van der Waals surface area contributed by atoms with Crippen LogP contribution in [0.15, 0.2) is 33.6 Å². The lowest BCUT2D eigenvalue weighted by molar-refractivity contribution is 1.15. The molecule has 0 aliphatic heterocycles. The monoisotopic (exact) mass is 355 g/mol. The Morgan fingerprint density at radius 2 is 1.88 bits per heavy atom. The number of anilines is 2. The van der Waals surface area contributed by atoms with Crippen molar-refractivity contribution in [2.45, 2.75) is 13.8 Å². The number of hydrogen-bond donors (Lipinski definition) is 1. The first-order chi connectivity index (χ1) is 8.08. The molecule has 0 fully saturated rings. The lowest BCUT2D eigenvalue weighted by Gasteiger charge is -2.12. The summed E-state index contributed by atoms with van der Waals surface area (Å²) >= 11 is 6.97. The van der Waals surface area contributed by atoms with Gasteiger partial charge in [-0.3, -0.25) is 0 Å². The Labute approximate surface area is 117 Å². The SMILES string of the molecule is Cc1cc(C)c(Nc2ncncc2Br)c(Br)c1. The Bertz CT molecular complexity index is 532. The van der Waals surface area contributed by atoms with Gasteiger partial charge in [-0.15, -0.1) is 0 Å². The molecule has 0 atom stereocenters. The third-order valence-corrected chi connectivity index (χ3v) is 3.55. The summed E-state index contributed by atoms with van der Waals surface area (Å²) in [4.78, 5) is 8.12. The van der Waals surface area contributed by atoms with E-state index in [4.69, 9.17) is 0 Å². The van der Waals surface area contributed by atoms with Crippen LogP contribution in [0.4, 0.5) is 11.5 Å². The molecule has 1 N–H and O–H groups in total. The summed E-state index contributed by atoms with van der Waals surface area (Å²) in [5.74, 6) is 0.757. The van der Waals surface area contributed by atoms with Gasteiger partial charge in [0.2, 0.25) is 0 Å². The zero-order valence-electron chi connectivity index (χ0n) is 9.46. The average molecular weight is 357 g/mol. The predicted octanol–water partition coefficient (Wildman–Crippen LogP) is 4.36. The molecular formula is C12H11Br2N3. The lowest BCUT2D eigenvalue weighted by Crippen LogP contribution is -1.98. The second-order valence-corrected chi connectivity index (χ2v) is 5.49. The fourth-order valence-electron chi connectivity index (χ4n) is 1.60. The summed E-state index contributed by atoms with van der Waals surface area (Å²) in [5.41, 5.74) is 3.42. The van der Waals surface area contributed by atoms with Crippen molar-refractivity contribution in [1.82, 2.24) is 9.97 Å². The summed E-state index contributed by atoms with van der Waals surface area (Å²) in [6.07, 6.45) is 3.23. The molecule has 0 bridgehead atoms. The Balaban J connectivity index is 2.40. The van der Waals surface area contributed by atoms with Gasteiger partial charge in [-0.2, -0.15) is 0 Å². The van der Waals surface area contributed by atoms with E-state index >= 15 is 0 Å². The van der Waals surface area contributed by atoms with Gasteiger partial charge in [0.15, 0.2) is 0 Å². The predicted molar refractivity (Wildman–Crippen MR) is 76.6 cm³/mol. The van der Waals surface area contributed by atoms with Crippen LogP contribution in [0.5, 0.6) is 0 Å². The van der Waals surface area contributed by atoms with Crippen LogP contribution in [-0.2, 0) is 0 Å². The molecule has 0 amide bonds. The van der Waals surface area contributed by atoms with E-state index in [9.17, 15) is 0 Å². The Hall–Kier alpha value is -0.940. The van der Waals surface area contributed by atoms with Gasteiger partial charge in [-0.1, -0.05) is 6.07 Å². The highest BCUT2D eigenvalue weighted by Crippen LogP contribution is 2.31. The minimum atomic E-state index is 0.757. The molecule has 1 aromatic carbocycles. The molecule has 3 nitrogen and oxygen atoms in total. The highest BCUT2D eigenvalue weighted by Gasteiger charge is 2.08. The summed E-state index contributed by atoms with van der Waals surface area (Å²) in [5, 5.41) is 3.29. The number of hydrogen-bond acceptors (Lipinski definition) is 3. The maximum atomic E-state index is 4.19. The zero-order valence-corrected chi connectivity index (χ0v) is 12.6.